The molecule has 2 aromatic rings. The monoisotopic (exact) mass is 327 g/mol. The van der Waals surface area contributed by atoms with Gasteiger partial charge in [-0.25, -0.2) is 4.98 Å². The number of fused-ring (bicyclic) bond motifs is 1. The van der Waals surface area contributed by atoms with Gasteiger partial charge in [0.1, 0.15) is 17.3 Å². The summed E-state index contributed by atoms with van der Waals surface area (Å²) in [6.45, 7) is 0. The SMILES string of the molecule is FC(F)(F)c1c[nH+]c(N[C@H]2CCCc3ccccc32)c(Cl)c1. The maximum absolute atomic E-state index is 12.7. The molecule has 116 valence electrons. The van der Waals surface area contributed by atoms with E-state index in [0.29, 0.717) is 5.82 Å². The molecule has 0 fully saturated rings. The van der Waals surface area contributed by atoms with Crippen LogP contribution in [-0.4, -0.2) is 0 Å². The number of hydrogen-bond donors (Lipinski definition) is 1. The van der Waals surface area contributed by atoms with Crippen molar-refractivity contribution >= 4 is 17.4 Å². The lowest BCUT2D eigenvalue weighted by Gasteiger charge is -2.23. The number of aryl methyl sites for hydroxylation is 1. The molecule has 0 amide bonds. The smallest absolute Gasteiger partial charge is 0.266 e. The molecule has 6 heteroatoms. The van der Waals surface area contributed by atoms with Crippen molar-refractivity contribution in [3.63, 3.8) is 0 Å². The summed E-state index contributed by atoms with van der Waals surface area (Å²) < 4.78 is 38.0. The number of benzene rings is 1. The molecule has 1 aromatic heterocycles. The van der Waals surface area contributed by atoms with Gasteiger partial charge in [0.05, 0.1) is 5.56 Å². The Hall–Kier alpha value is -1.75. The normalized spacial score (nSPS) is 17.9. The molecule has 0 radical (unpaired) electrons. The number of aromatic nitrogens is 1. The third-order valence-electron chi connectivity index (χ3n) is 3.91. The average molecular weight is 328 g/mol. The second-order valence-corrected chi connectivity index (χ2v) is 5.80. The molecule has 0 saturated heterocycles. The average Bonchev–Trinajstić information content (AvgIpc) is 2.48. The topological polar surface area (TPSA) is 26.2 Å². The van der Waals surface area contributed by atoms with Crippen LogP contribution in [0, 0.1) is 0 Å². The highest BCUT2D eigenvalue weighted by Crippen LogP contribution is 2.35. The van der Waals surface area contributed by atoms with Gasteiger partial charge in [-0.1, -0.05) is 35.9 Å². The van der Waals surface area contributed by atoms with Crippen LogP contribution in [0.2, 0.25) is 5.02 Å². The largest absolute Gasteiger partial charge is 0.419 e. The molecule has 1 aliphatic carbocycles. The number of alkyl halides is 3. The van der Waals surface area contributed by atoms with Crippen molar-refractivity contribution in [1.29, 1.82) is 0 Å². The van der Waals surface area contributed by atoms with Gasteiger partial charge in [0, 0.05) is 0 Å². The van der Waals surface area contributed by atoms with E-state index in [0.717, 1.165) is 31.5 Å². The van der Waals surface area contributed by atoms with Gasteiger partial charge in [0.25, 0.3) is 5.82 Å². The fourth-order valence-electron chi connectivity index (χ4n) is 2.82. The predicted octanol–water partition coefficient (Wildman–Crippen LogP) is 4.66. The molecule has 1 heterocycles. The summed E-state index contributed by atoms with van der Waals surface area (Å²) in [7, 11) is 0. The lowest BCUT2D eigenvalue weighted by atomic mass is 9.88. The zero-order valence-corrected chi connectivity index (χ0v) is 12.4. The van der Waals surface area contributed by atoms with Crippen LogP contribution in [0.15, 0.2) is 36.5 Å². The van der Waals surface area contributed by atoms with Crippen LogP contribution < -0.4 is 10.3 Å². The van der Waals surface area contributed by atoms with E-state index in [4.69, 9.17) is 11.6 Å². The Morgan fingerprint density at radius 3 is 2.73 bits per heavy atom. The lowest BCUT2D eigenvalue weighted by molar-refractivity contribution is -0.364. The molecule has 0 aliphatic heterocycles. The lowest BCUT2D eigenvalue weighted by Crippen LogP contribution is -2.23. The van der Waals surface area contributed by atoms with Crippen molar-refractivity contribution in [2.45, 2.75) is 31.5 Å². The van der Waals surface area contributed by atoms with Gasteiger partial charge in [0.15, 0.2) is 0 Å². The minimum Gasteiger partial charge on any atom is -0.266 e. The molecule has 3 rings (SSSR count). The minimum atomic E-state index is -4.41. The molecule has 0 bridgehead atoms. The van der Waals surface area contributed by atoms with E-state index in [9.17, 15) is 13.2 Å². The molecular weight excluding hydrogens is 313 g/mol. The van der Waals surface area contributed by atoms with Crippen LogP contribution in [0.1, 0.15) is 35.6 Å². The molecular formula is C16H15ClF3N2+. The Morgan fingerprint density at radius 2 is 2.00 bits per heavy atom. The molecule has 1 atom stereocenters. The summed E-state index contributed by atoms with van der Waals surface area (Å²) in [5, 5.41) is 3.27. The fraction of sp³-hybridized carbons (Fsp3) is 0.312. The zero-order chi connectivity index (χ0) is 15.7. The summed E-state index contributed by atoms with van der Waals surface area (Å²) in [6.07, 6.45) is -0.493. The second kappa shape index (κ2) is 5.80. The Morgan fingerprint density at radius 1 is 1.23 bits per heavy atom. The first-order valence-corrected chi connectivity index (χ1v) is 7.46. The molecule has 22 heavy (non-hydrogen) atoms. The van der Waals surface area contributed by atoms with Gasteiger partial charge in [-0.2, -0.15) is 13.2 Å². The third kappa shape index (κ3) is 3.04. The van der Waals surface area contributed by atoms with E-state index in [1.807, 2.05) is 18.2 Å². The maximum Gasteiger partial charge on any atom is 0.419 e. The van der Waals surface area contributed by atoms with Crippen molar-refractivity contribution < 1.29 is 18.2 Å². The van der Waals surface area contributed by atoms with Gasteiger partial charge >= 0.3 is 6.18 Å². The number of halogens is 4. The van der Waals surface area contributed by atoms with Crippen LogP contribution in [0.5, 0.6) is 0 Å². The molecule has 2 nitrogen and oxygen atoms in total. The van der Waals surface area contributed by atoms with Crippen molar-refractivity contribution in [1.82, 2.24) is 0 Å². The third-order valence-corrected chi connectivity index (χ3v) is 4.21. The number of nitrogens with one attached hydrogen (secondary N) is 2. The Balaban J connectivity index is 1.86. The molecule has 0 saturated carbocycles. The summed E-state index contributed by atoms with van der Waals surface area (Å²) in [5.41, 5.74) is 1.67. The molecule has 0 spiro atoms. The highest BCUT2D eigenvalue weighted by molar-refractivity contribution is 6.32. The van der Waals surface area contributed by atoms with Crippen molar-refractivity contribution in [2.75, 3.05) is 5.32 Å². The number of pyridine rings is 1. The van der Waals surface area contributed by atoms with Gasteiger partial charge in [-0.05, 0) is 36.5 Å². The van der Waals surface area contributed by atoms with E-state index in [2.05, 4.69) is 16.4 Å². The number of H-pyrrole nitrogens is 1. The maximum atomic E-state index is 12.7. The van der Waals surface area contributed by atoms with E-state index >= 15 is 0 Å². The summed E-state index contributed by atoms with van der Waals surface area (Å²) >= 11 is 5.99. The number of hydrogen-bond acceptors (Lipinski definition) is 1. The highest BCUT2D eigenvalue weighted by atomic mass is 35.5. The van der Waals surface area contributed by atoms with Crippen LogP contribution in [-0.2, 0) is 12.6 Å². The van der Waals surface area contributed by atoms with Gasteiger partial charge < -0.3 is 0 Å². The van der Waals surface area contributed by atoms with E-state index < -0.39 is 11.7 Å². The summed E-state index contributed by atoms with van der Waals surface area (Å²) in [5.74, 6) is 0.413. The first kappa shape index (κ1) is 15.2. The number of rotatable bonds is 2. The fourth-order valence-corrected chi connectivity index (χ4v) is 3.05. The zero-order valence-electron chi connectivity index (χ0n) is 11.7. The van der Waals surface area contributed by atoms with E-state index in [1.54, 1.807) is 0 Å². The van der Waals surface area contributed by atoms with E-state index in [-0.39, 0.29) is 11.1 Å². The van der Waals surface area contributed by atoms with Gasteiger partial charge in [-0.3, -0.25) is 5.32 Å². The predicted molar refractivity (Wildman–Crippen MR) is 78.8 cm³/mol. The quantitative estimate of drug-likeness (QED) is 0.853. The number of anilines is 1. The van der Waals surface area contributed by atoms with Crippen LogP contribution >= 0.6 is 11.6 Å². The molecule has 2 N–H and O–H groups in total. The van der Waals surface area contributed by atoms with Crippen LogP contribution in [0.3, 0.4) is 0 Å². The standard InChI is InChI=1S/C16H14ClF3N2/c17-13-8-11(16(18,19)20)9-21-15(13)22-14-7-3-5-10-4-1-2-6-12(10)14/h1-2,4,6,8-9,14H,3,5,7H2,(H,21,22)/p+1/t14-/m0/s1. The van der Waals surface area contributed by atoms with Crippen LogP contribution in [0.25, 0.3) is 0 Å². The molecule has 1 aliphatic rings. The first-order valence-electron chi connectivity index (χ1n) is 7.08. The Labute approximate surface area is 131 Å². The molecule has 0 unspecified atom stereocenters. The van der Waals surface area contributed by atoms with Crippen molar-refractivity contribution in [3.05, 3.63) is 58.2 Å². The second-order valence-electron chi connectivity index (χ2n) is 5.40. The van der Waals surface area contributed by atoms with Crippen LogP contribution in [0.4, 0.5) is 19.0 Å². The Bertz CT molecular complexity index is 685. The highest BCUT2D eigenvalue weighted by Gasteiger charge is 2.33. The summed E-state index contributed by atoms with van der Waals surface area (Å²) in [6, 6.07) is 9.09. The van der Waals surface area contributed by atoms with Crippen molar-refractivity contribution in [3.8, 4) is 0 Å². The minimum absolute atomic E-state index is 0.0397. The van der Waals surface area contributed by atoms with Gasteiger partial charge in [-0.15, -0.1) is 0 Å². The number of aromatic amines is 1. The summed E-state index contributed by atoms with van der Waals surface area (Å²) in [4.78, 5) is 2.63. The van der Waals surface area contributed by atoms with Gasteiger partial charge in [0.2, 0.25) is 0 Å². The van der Waals surface area contributed by atoms with Crippen molar-refractivity contribution in [2.24, 2.45) is 0 Å². The first-order chi connectivity index (χ1) is 10.4. The van der Waals surface area contributed by atoms with E-state index in [1.165, 1.54) is 11.1 Å². The Kier molecular flexibility index (Phi) is 4.00. The molecule has 1 aromatic carbocycles.